The van der Waals surface area contributed by atoms with E-state index < -0.39 is 0 Å². The fourth-order valence-electron chi connectivity index (χ4n) is 3.11. The first-order valence-corrected chi connectivity index (χ1v) is 8.17. The second-order valence-corrected chi connectivity index (χ2v) is 6.18. The largest absolute Gasteiger partial charge is 0.384 e. The number of rotatable bonds is 2. The van der Waals surface area contributed by atoms with Gasteiger partial charge in [0.05, 0.1) is 23.6 Å². The maximum atomic E-state index is 6.20. The van der Waals surface area contributed by atoms with E-state index in [4.69, 9.17) is 10.7 Å². The molecule has 0 amide bonds. The number of fused-ring (bicyclic) bond motifs is 2. The monoisotopic (exact) mass is 341 g/mol. The predicted molar refractivity (Wildman–Crippen MR) is 100 cm³/mol. The van der Waals surface area contributed by atoms with Crippen LogP contribution in [-0.4, -0.2) is 29.4 Å². The highest BCUT2D eigenvalue weighted by Crippen LogP contribution is 2.29. The summed E-state index contributed by atoms with van der Waals surface area (Å²) in [4.78, 5) is 9.32. The van der Waals surface area contributed by atoms with Crippen molar-refractivity contribution in [1.82, 2.24) is 29.4 Å². The first kappa shape index (κ1) is 14.6. The van der Waals surface area contributed by atoms with Gasteiger partial charge in [-0.2, -0.15) is 14.7 Å². The summed E-state index contributed by atoms with van der Waals surface area (Å²) >= 11 is 0. The number of aryl methyl sites for hydroxylation is 1. The van der Waals surface area contributed by atoms with Crippen molar-refractivity contribution in [2.75, 3.05) is 5.73 Å². The molecule has 26 heavy (non-hydrogen) atoms. The molecule has 0 saturated carbocycles. The highest BCUT2D eigenvalue weighted by Gasteiger charge is 2.14. The van der Waals surface area contributed by atoms with Crippen molar-refractivity contribution in [2.45, 2.75) is 0 Å². The van der Waals surface area contributed by atoms with Crippen molar-refractivity contribution in [1.29, 1.82) is 0 Å². The number of hydrogen-bond acceptors (Lipinski definition) is 5. The molecule has 0 aliphatic rings. The molecular weight excluding hydrogens is 326 g/mol. The van der Waals surface area contributed by atoms with Crippen molar-refractivity contribution in [3.05, 3.63) is 61.2 Å². The lowest BCUT2D eigenvalue weighted by atomic mass is 10.1. The van der Waals surface area contributed by atoms with Gasteiger partial charge in [0.15, 0.2) is 5.65 Å². The zero-order valence-corrected chi connectivity index (χ0v) is 14.0. The summed E-state index contributed by atoms with van der Waals surface area (Å²) in [6.07, 6.45) is 7.29. The van der Waals surface area contributed by atoms with Crippen LogP contribution in [-0.2, 0) is 7.05 Å². The molecule has 0 bridgehead atoms. The van der Waals surface area contributed by atoms with E-state index in [0.717, 1.165) is 33.3 Å². The Labute approximate surface area is 148 Å². The van der Waals surface area contributed by atoms with Crippen LogP contribution in [0.2, 0.25) is 0 Å². The van der Waals surface area contributed by atoms with Crippen LogP contribution in [0.5, 0.6) is 0 Å². The maximum Gasteiger partial charge on any atom is 0.165 e. The molecule has 0 radical (unpaired) electrons. The Morgan fingerprint density at radius 2 is 1.85 bits per heavy atom. The number of aromatic nitrogens is 6. The Balaban J connectivity index is 1.73. The SMILES string of the molecule is Cn1cc(-c2cc(N)n3ncc(-c4cnc5ccccc5c4)c3n2)cn1. The van der Waals surface area contributed by atoms with Crippen molar-refractivity contribution in [2.24, 2.45) is 7.05 Å². The van der Waals surface area contributed by atoms with E-state index in [1.807, 2.05) is 43.7 Å². The van der Waals surface area contributed by atoms with E-state index in [1.54, 1.807) is 27.7 Å². The number of nitrogens with zero attached hydrogens (tertiary/aromatic N) is 6. The standard InChI is InChI=1S/C19H15N7/c1-25-11-14(9-22-25)17-7-18(20)26-19(24-17)15(10-23-26)13-6-12-4-2-3-5-16(12)21-8-13/h2-11H,20H2,1H3. The number of benzene rings is 1. The van der Waals surface area contributed by atoms with Gasteiger partial charge in [0.1, 0.15) is 5.82 Å². The normalized spacial score (nSPS) is 11.4. The number of nitrogens with two attached hydrogens (primary N) is 1. The molecule has 0 saturated heterocycles. The Bertz CT molecular complexity index is 1270. The maximum absolute atomic E-state index is 6.20. The van der Waals surface area contributed by atoms with Crippen molar-refractivity contribution in [3.63, 3.8) is 0 Å². The Morgan fingerprint density at radius 1 is 0.962 bits per heavy atom. The van der Waals surface area contributed by atoms with Gasteiger partial charge in [-0.25, -0.2) is 4.98 Å². The van der Waals surface area contributed by atoms with E-state index in [9.17, 15) is 0 Å². The van der Waals surface area contributed by atoms with Crippen molar-refractivity contribution < 1.29 is 0 Å². The summed E-state index contributed by atoms with van der Waals surface area (Å²) in [6.45, 7) is 0. The average molecular weight is 341 g/mol. The average Bonchev–Trinajstić information content (AvgIpc) is 3.28. The molecule has 7 nitrogen and oxygen atoms in total. The van der Waals surface area contributed by atoms with Gasteiger partial charge in [-0.05, 0) is 12.1 Å². The van der Waals surface area contributed by atoms with E-state index in [2.05, 4.69) is 21.2 Å². The molecule has 0 unspecified atom stereocenters. The zero-order valence-electron chi connectivity index (χ0n) is 14.0. The molecule has 4 aromatic heterocycles. The van der Waals surface area contributed by atoms with Gasteiger partial charge in [0, 0.05) is 47.6 Å². The fraction of sp³-hybridized carbons (Fsp3) is 0.0526. The smallest absolute Gasteiger partial charge is 0.165 e. The lowest BCUT2D eigenvalue weighted by Gasteiger charge is -2.05. The van der Waals surface area contributed by atoms with Crippen molar-refractivity contribution in [3.8, 4) is 22.4 Å². The zero-order chi connectivity index (χ0) is 17.7. The minimum Gasteiger partial charge on any atom is -0.384 e. The minimum absolute atomic E-state index is 0.522. The molecule has 0 spiro atoms. The van der Waals surface area contributed by atoms with Gasteiger partial charge in [-0.15, -0.1) is 0 Å². The van der Waals surface area contributed by atoms with E-state index in [0.29, 0.717) is 11.5 Å². The van der Waals surface area contributed by atoms with Crippen LogP contribution in [0.1, 0.15) is 0 Å². The Hall–Kier alpha value is -3.74. The molecule has 5 aromatic rings. The van der Waals surface area contributed by atoms with E-state index in [-0.39, 0.29) is 0 Å². The number of pyridine rings is 1. The summed E-state index contributed by atoms with van der Waals surface area (Å²) in [6, 6.07) is 11.9. The molecule has 2 N–H and O–H groups in total. The van der Waals surface area contributed by atoms with Crippen LogP contribution >= 0.6 is 0 Å². The molecule has 0 aliphatic heterocycles. The molecule has 1 aromatic carbocycles. The first-order chi connectivity index (χ1) is 12.7. The minimum atomic E-state index is 0.522. The highest BCUT2D eigenvalue weighted by molar-refractivity contribution is 5.87. The summed E-state index contributed by atoms with van der Waals surface area (Å²) in [5, 5.41) is 9.67. The Kier molecular flexibility index (Phi) is 3.02. The summed E-state index contributed by atoms with van der Waals surface area (Å²) < 4.78 is 3.38. The molecule has 4 heterocycles. The fourth-order valence-corrected chi connectivity index (χ4v) is 3.11. The van der Waals surface area contributed by atoms with Gasteiger partial charge < -0.3 is 5.73 Å². The van der Waals surface area contributed by atoms with Crippen molar-refractivity contribution >= 4 is 22.4 Å². The van der Waals surface area contributed by atoms with Crippen LogP contribution in [0.3, 0.4) is 0 Å². The van der Waals surface area contributed by atoms with E-state index in [1.165, 1.54) is 0 Å². The van der Waals surface area contributed by atoms with Crippen LogP contribution < -0.4 is 5.73 Å². The third-order valence-electron chi connectivity index (χ3n) is 4.40. The quantitative estimate of drug-likeness (QED) is 0.533. The van der Waals surface area contributed by atoms with Crippen LogP contribution in [0.25, 0.3) is 38.9 Å². The summed E-state index contributed by atoms with van der Waals surface area (Å²) in [7, 11) is 1.87. The lowest BCUT2D eigenvalue weighted by molar-refractivity contribution is 0.768. The highest BCUT2D eigenvalue weighted by atomic mass is 15.3. The number of hydrogen-bond donors (Lipinski definition) is 1. The number of para-hydroxylation sites is 1. The van der Waals surface area contributed by atoms with Crippen LogP contribution in [0.4, 0.5) is 5.82 Å². The van der Waals surface area contributed by atoms with Gasteiger partial charge in [0.2, 0.25) is 0 Å². The summed E-state index contributed by atoms with van der Waals surface area (Å²) in [5.41, 5.74) is 11.4. The summed E-state index contributed by atoms with van der Waals surface area (Å²) in [5.74, 6) is 0.522. The van der Waals surface area contributed by atoms with Crippen LogP contribution in [0.15, 0.2) is 61.2 Å². The third kappa shape index (κ3) is 2.21. The lowest BCUT2D eigenvalue weighted by Crippen LogP contribution is -2.01. The molecule has 126 valence electrons. The third-order valence-corrected chi connectivity index (χ3v) is 4.40. The molecular formula is C19H15N7. The molecule has 0 fully saturated rings. The second-order valence-electron chi connectivity index (χ2n) is 6.18. The predicted octanol–water partition coefficient (Wildman–Crippen LogP) is 2.93. The van der Waals surface area contributed by atoms with Gasteiger partial charge in [0.25, 0.3) is 0 Å². The Morgan fingerprint density at radius 3 is 2.69 bits per heavy atom. The molecule has 0 aliphatic carbocycles. The number of anilines is 1. The van der Waals surface area contributed by atoms with E-state index >= 15 is 0 Å². The van der Waals surface area contributed by atoms with Crippen LogP contribution in [0, 0.1) is 0 Å². The molecule has 0 atom stereocenters. The first-order valence-electron chi connectivity index (χ1n) is 8.17. The molecule has 5 rings (SSSR count). The molecule has 7 heteroatoms. The van der Waals surface area contributed by atoms with Gasteiger partial charge in [-0.1, -0.05) is 18.2 Å². The second kappa shape index (κ2) is 5.38. The topological polar surface area (TPSA) is 86.9 Å². The number of nitrogen functional groups attached to an aromatic ring is 1. The van der Waals surface area contributed by atoms with Gasteiger partial charge in [-0.3, -0.25) is 9.67 Å². The van der Waals surface area contributed by atoms with Gasteiger partial charge >= 0.3 is 0 Å².